The first-order valence-corrected chi connectivity index (χ1v) is 16.0. The molecule has 48 heavy (non-hydrogen) atoms. The van der Waals surface area contributed by atoms with Crippen molar-refractivity contribution in [2.24, 2.45) is 4.99 Å². The molecular weight excluding hydrogens is 638 g/mol. The Morgan fingerprint density at radius 1 is 1.00 bits per heavy atom. The molecule has 1 aliphatic rings. The quantitative estimate of drug-likeness (QED) is 0.0806. The van der Waals surface area contributed by atoms with Gasteiger partial charge in [0.2, 0.25) is 0 Å². The van der Waals surface area contributed by atoms with E-state index < -0.39 is 22.5 Å². The van der Waals surface area contributed by atoms with E-state index in [2.05, 4.69) is 4.99 Å². The lowest BCUT2D eigenvalue weighted by Crippen LogP contribution is -2.40. The summed E-state index contributed by atoms with van der Waals surface area (Å²) in [7, 11) is 2.93. The number of nitro benzene ring substituents is 1. The van der Waals surface area contributed by atoms with Gasteiger partial charge in [-0.1, -0.05) is 66.8 Å². The highest BCUT2D eigenvalue weighted by molar-refractivity contribution is 7.07. The number of carbonyl (C=O) groups excluding carboxylic acids is 1. The Bertz CT molecular complexity index is 2020. The number of rotatable bonds is 14. The largest absolute Gasteiger partial charge is 0.493 e. The Kier molecular flexibility index (Phi) is 11.0. The average molecular weight is 674 g/mol. The summed E-state index contributed by atoms with van der Waals surface area (Å²) in [6.45, 7) is 4.45. The van der Waals surface area contributed by atoms with Crippen molar-refractivity contribution in [1.82, 2.24) is 4.57 Å². The van der Waals surface area contributed by atoms with E-state index in [1.165, 1.54) is 37.0 Å². The number of para-hydroxylation sites is 1. The van der Waals surface area contributed by atoms with E-state index in [-0.39, 0.29) is 52.7 Å². The molecular formula is C35H35N3O9S. The zero-order valence-electron chi connectivity index (χ0n) is 27.0. The fraction of sp³-hybridized carbons (Fsp3) is 0.286. The van der Waals surface area contributed by atoms with Gasteiger partial charge < -0.3 is 23.7 Å². The number of hydrogen-bond donors (Lipinski definition) is 0. The van der Waals surface area contributed by atoms with Crippen LogP contribution in [0, 0.1) is 10.1 Å². The number of methoxy groups -OCH3 is 2. The number of fused-ring (bicyclic) bond motifs is 1. The summed E-state index contributed by atoms with van der Waals surface area (Å²) in [6, 6.07) is 18.4. The van der Waals surface area contributed by atoms with Crippen molar-refractivity contribution in [2.75, 3.05) is 34.0 Å². The van der Waals surface area contributed by atoms with E-state index in [1.807, 2.05) is 43.3 Å². The lowest BCUT2D eigenvalue weighted by molar-refractivity contribution is -0.385. The van der Waals surface area contributed by atoms with Crippen LogP contribution in [0.1, 0.15) is 43.0 Å². The fourth-order valence-electron chi connectivity index (χ4n) is 5.21. The lowest BCUT2D eigenvalue weighted by atomic mass is 9.95. The smallest absolute Gasteiger partial charge is 0.338 e. The first-order chi connectivity index (χ1) is 23.3. The summed E-state index contributed by atoms with van der Waals surface area (Å²) >= 11 is 1.05. The van der Waals surface area contributed by atoms with Gasteiger partial charge in [-0.05, 0) is 37.1 Å². The number of carbonyl (C=O) groups is 1. The van der Waals surface area contributed by atoms with Gasteiger partial charge in [-0.15, -0.1) is 0 Å². The molecule has 250 valence electrons. The predicted molar refractivity (Wildman–Crippen MR) is 179 cm³/mol. The number of nitro groups is 1. The fourth-order valence-corrected chi connectivity index (χ4v) is 6.25. The molecule has 0 radical (unpaired) electrons. The molecule has 0 spiro atoms. The van der Waals surface area contributed by atoms with E-state index >= 15 is 0 Å². The van der Waals surface area contributed by atoms with Crippen LogP contribution in [0.2, 0.25) is 0 Å². The van der Waals surface area contributed by atoms with Crippen LogP contribution in [-0.4, -0.2) is 49.5 Å². The van der Waals surface area contributed by atoms with Crippen LogP contribution >= 0.6 is 11.3 Å². The second kappa shape index (κ2) is 15.5. The Labute approximate surface area is 280 Å². The highest BCUT2D eigenvalue weighted by Crippen LogP contribution is 2.37. The van der Waals surface area contributed by atoms with Crippen LogP contribution in [0.4, 0.5) is 5.69 Å². The van der Waals surface area contributed by atoms with Gasteiger partial charge in [-0.2, -0.15) is 0 Å². The highest BCUT2D eigenvalue weighted by atomic mass is 32.1. The second-order valence-electron chi connectivity index (χ2n) is 10.7. The van der Waals surface area contributed by atoms with Gasteiger partial charge in [0.15, 0.2) is 16.3 Å². The maximum atomic E-state index is 14.2. The second-order valence-corrected chi connectivity index (χ2v) is 11.7. The van der Waals surface area contributed by atoms with Crippen LogP contribution in [0.5, 0.6) is 17.2 Å². The van der Waals surface area contributed by atoms with Gasteiger partial charge in [-0.25, -0.2) is 9.79 Å². The van der Waals surface area contributed by atoms with Crippen molar-refractivity contribution in [3.63, 3.8) is 0 Å². The standard InChI is InChI=1S/C35H35N3O9S/c1-5-15-45-27-14-10-9-13-25(27)32-31(34(40)46-17-16-43-3)22(2)36-35-37(32)33(39)30(48-35)19-24-18-28(44-4)29(20-26(24)38(41)42)47-21-23-11-7-6-8-12-23/h6-14,18-20,32H,5,15-17,21H2,1-4H3/b30-19+/t32-/m0/s1. The van der Waals surface area contributed by atoms with Gasteiger partial charge >= 0.3 is 5.97 Å². The normalized spacial score (nSPS) is 14.2. The summed E-state index contributed by atoms with van der Waals surface area (Å²) in [6.07, 6.45) is 2.17. The van der Waals surface area contributed by atoms with Crippen LogP contribution in [0.15, 0.2) is 87.8 Å². The van der Waals surface area contributed by atoms with Crippen molar-refractivity contribution in [3.05, 3.63) is 124 Å². The first kappa shape index (κ1) is 34.1. The highest BCUT2D eigenvalue weighted by Gasteiger charge is 2.35. The molecule has 13 heteroatoms. The third-order valence-electron chi connectivity index (χ3n) is 7.47. The molecule has 3 aromatic carbocycles. The predicted octanol–water partition coefficient (Wildman–Crippen LogP) is 4.71. The van der Waals surface area contributed by atoms with E-state index in [0.29, 0.717) is 28.4 Å². The summed E-state index contributed by atoms with van der Waals surface area (Å²) in [5, 5.41) is 12.3. The maximum Gasteiger partial charge on any atom is 0.338 e. The number of thiazole rings is 1. The Hall–Kier alpha value is -5.27. The number of ether oxygens (including phenoxy) is 5. The molecule has 2 heterocycles. The van der Waals surface area contributed by atoms with Gasteiger partial charge in [0.05, 0.1) is 52.7 Å². The topological polar surface area (TPSA) is 141 Å². The SMILES string of the molecule is CCCOc1ccccc1[C@H]1C(C(=O)OCCOC)=C(C)N=c2s/c(=C/c3cc(OC)c(OCc4ccccc4)cc3[N+](=O)[O-])c(=O)n21. The molecule has 0 N–H and O–H groups in total. The third-order valence-corrected chi connectivity index (χ3v) is 8.45. The number of esters is 1. The van der Waals surface area contributed by atoms with Gasteiger partial charge in [-0.3, -0.25) is 19.5 Å². The minimum atomic E-state index is -0.940. The molecule has 0 aliphatic carbocycles. The summed E-state index contributed by atoms with van der Waals surface area (Å²) < 4.78 is 29.6. The van der Waals surface area contributed by atoms with E-state index in [0.717, 1.165) is 23.3 Å². The number of nitrogens with zero attached hydrogens (tertiary/aromatic N) is 3. The molecule has 1 aliphatic heterocycles. The minimum Gasteiger partial charge on any atom is -0.493 e. The van der Waals surface area contributed by atoms with Gasteiger partial charge in [0.25, 0.3) is 11.2 Å². The zero-order valence-corrected chi connectivity index (χ0v) is 27.8. The maximum absolute atomic E-state index is 14.2. The minimum absolute atomic E-state index is 0.00773. The Morgan fingerprint density at radius 3 is 2.46 bits per heavy atom. The molecule has 0 amide bonds. The molecule has 12 nitrogen and oxygen atoms in total. The molecule has 1 atom stereocenters. The number of allylic oxidation sites excluding steroid dienone is 1. The van der Waals surface area contributed by atoms with Crippen LogP contribution in [-0.2, 0) is 20.9 Å². The third kappa shape index (κ3) is 7.32. The molecule has 1 aromatic heterocycles. The zero-order chi connectivity index (χ0) is 34.2. The molecule has 0 saturated heterocycles. The van der Waals surface area contributed by atoms with Gasteiger partial charge in [0, 0.05) is 12.7 Å². The van der Waals surface area contributed by atoms with Crippen molar-refractivity contribution < 1.29 is 33.4 Å². The molecule has 4 aromatic rings. The molecule has 0 unspecified atom stereocenters. The van der Waals surface area contributed by atoms with E-state index in [9.17, 15) is 19.7 Å². The molecule has 0 saturated carbocycles. The number of aromatic nitrogens is 1. The van der Waals surface area contributed by atoms with Crippen molar-refractivity contribution in [2.45, 2.75) is 32.9 Å². The van der Waals surface area contributed by atoms with E-state index in [1.54, 1.807) is 25.1 Å². The van der Waals surface area contributed by atoms with Crippen molar-refractivity contribution in [1.29, 1.82) is 0 Å². The van der Waals surface area contributed by atoms with Crippen LogP contribution in [0.25, 0.3) is 6.08 Å². The van der Waals surface area contributed by atoms with Crippen LogP contribution in [0.3, 0.4) is 0 Å². The van der Waals surface area contributed by atoms with Crippen LogP contribution < -0.4 is 29.1 Å². The number of hydrogen-bond acceptors (Lipinski definition) is 11. The Balaban J connectivity index is 1.64. The van der Waals surface area contributed by atoms with E-state index in [4.69, 9.17) is 23.7 Å². The summed E-state index contributed by atoms with van der Waals surface area (Å²) in [5.74, 6) is 0.293. The number of benzene rings is 3. The lowest BCUT2D eigenvalue weighted by Gasteiger charge is -2.26. The van der Waals surface area contributed by atoms with Crippen molar-refractivity contribution >= 4 is 29.1 Å². The average Bonchev–Trinajstić information content (AvgIpc) is 3.39. The molecule has 0 bridgehead atoms. The monoisotopic (exact) mass is 673 g/mol. The summed E-state index contributed by atoms with van der Waals surface area (Å²) in [5.41, 5.74) is 1.34. The van der Waals surface area contributed by atoms with Gasteiger partial charge in [0.1, 0.15) is 25.0 Å². The summed E-state index contributed by atoms with van der Waals surface area (Å²) in [4.78, 5) is 44.4. The first-order valence-electron chi connectivity index (χ1n) is 15.2. The molecule has 0 fully saturated rings. The van der Waals surface area contributed by atoms with Crippen molar-refractivity contribution in [3.8, 4) is 17.2 Å². The molecule has 5 rings (SSSR count). The Morgan fingerprint density at radius 2 is 1.75 bits per heavy atom.